The van der Waals surface area contributed by atoms with Crippen molar-refractivity contribution in [2.75, 3.05) is 7.11 Å². The number of nitrogens with zero attached hydrogens (tertiary/aromatic N) is 1. The van der Waals surface area contributed by atoms with E-state index < -0.39 is 10.8 Å². The Morgan fingerprint density at radius 2 is 2.22 bits per heavy atom. The van der Waals surface area contributed by atoms with Gasteiger partial charge in [-0.3, -0.25) is 4.79 Å². The summed E-state index contributed by atoms with van der Waals surface area (Å²) in [7, 11) is 1.64. The van der Waals surface area contributed by atoms with Gasteiger partial charge in [0.1, 0.15) is 5.75 Å². The second kappa shape index (κ2) is 5.53. The molecule has 3 nitrogen and oxygen atoms in total. The Hall–Kier alpha value is -2.08. The fourth-order valence-corrected chi connectivity index (χ4v) is 4.66. The number of benzene rings is 1. The summed E-state index contributed by atoms with van der Waals surface area (Å²) >= 11 is 0. The topological polar surface area (TPSA) is 50.1 Å². The molecule has 0 unspecified atom stereocenters. The minimum atomic E-state index is -0.609. The average Bonchev–Trinajstić information content (AvgIpc) is 2.71. The molecule has 0 saturated heterocycles. The molecule has 120 valence electrons. The highest BCUT2D eigenvalue weighted by molar-refractivity contribution is 6.03. The lowest BCUT2D eigenvalue weighted by Crippen LogP contribution is -2.47. The van der Waals surface area contributed by atoms with Gasteiger partial charge in [-0.15, -0.1) is 6.58 Å². The molecule has 1 fully saturated rings. The summed E-state index contributed by atoms with van der Waals surface area (Å²) in [5.74, 6) is 0.933. The Labute approximate surface area is 138 Å². The molecule has 0 bridgehead atoms. The first-order valence-electron chi connectivity index (χ1n) is 8.27. The predicted octanol–water partition coefficient (Wildman–Crippen LogP) is 4.33. The summed E-state index contributed by atoms with van der Waals surface area (Å²) in [4.78, 5) is 13.4. The predicted molar refractivity (Wildman–Crippen MR) is 89.3 cm³/mol. The van der Waals surface area contributed by atoms with Crippen LogP contribution in [0.15, 0.2) is 30.9 Å². The van der Waals surface area contributed by atoms with E-state index in [4.69, 9.17) is 4.74 Å². The van der Waals surface area contributed by atoms with E-state index in [1.165, 1.54) is 0 Å². The van der Waals surface area contributed by atoms with E-state index >= 15 is 0 Å². The first-order chi connectivity index (χ1) is 11.0. The maximum absolute atomic E-state index is 13.4. The standard InChI is InChI=1S/C20H23NO2/c1-4-20-11-5-10-19(2,13-21)17(20)9-6-14-12-15(23-3)7-8-16(14)18(20)22/h4,7-8,12,17H,1,5-6,9-11H2,2-3H3/t17-,19+,20+/m1/s1. The smallest absolute Gasteiger partial charge is 0.173 e. The molecule has 2 aliphatic carbocycles. The van der Waals surface area contributed by atoms with Crippen LogP contribution in [0.5, 0.6) is 5.75 Å². The van der Waals surface area contributed by atoms with Gasteiger partial charge in [0.05, 0.1) is 24.0 Å². The van der Waals surface area contributed by atoms with Gasteiger partial charge in [-0.05, 0) is 62.3 Å². The number of hydrogen-bond acceptors (Lipinski definition) is 3. The van der Waals surface area contributed by atoms with Crippen LogP contribution in [0.4, 0.5) is 0 Å². The molecule has 0 N–H and O–H groups in total. The summed E-state index contributed by atoms with van der Waals surface area (Å²) in [6, 6.07) is 8.20. The molecule has 3 rings (SSSR count). The zero-order chi connectivity index (χ0) is 16.7. The number of aryl methyl sites for hydroxylation is 1. The second-order valence-electron chi connectivity index (χ2n) is 7.07. The molecule has 0 aliphatic heterocycles. The van der Waals surface area contributed by atoms with Crippen LogP contribution in [0.2, 0.25) is 0 Å². The van der Waals surface area contributed by atoms with Crippen LogP contribution in [0, 0.1) is 28.1 Å². The third-order valence-corrected chi connectivity index (χ3v) is 5.98. The Bertz CT molecular complexity index is 702. The number of carbonyl (C=O) groups is 1. The van der Waals surface area contributed by atoms with Gasteiger partial charge in [0, 0.05) is 5.56 Å². The number of ketones is 1. The Morgan fingerprint density at radius 3 is 2.87 bits per heavy atom. The summed E-state index contributed by atoms with van der Waals surface area (Å²) in [6.45, 7) is 6.02. The molecule has 0 radical (unpaired) electrons. The molecular formula is C20H23NO2. The molecule has 3 atom stereocenters. The van der Waals surface area contributed by atoms with Crippen molar-refractivity contribution in [3.8, 4) is 11.8 Å². The van der Waals surface area contributed by atoms with Crippen LogP contribution in [-0.4, -0.2) is 12.9 Å². The summed E-state index contributed by atoms with van der Waals surface area (Å²) in [5.41, 5.74) is 0.734. The number of Topliss-reactive ketones (excluding diaryl/α,β-unsaturated/α-hetero) is 1. The van der Waals surface area contributed by atoms with Gasteiger partial charge >= 0.3 is 0 Å². The summed E-state index contributed by atoms with van der Waals surface area (Å²) in [5, 5.41) is 9.76. The van der Waals surface area contributed by atoms with Crippen molar-refractivity contribution in [2.24, 2.45) is 16.7 Å². The maximum Gasteiger partial charge on any atom is 0.173 e. The molecule has 0 amide bonds. The average molecular weight is 309 g/mol. The van der Waals surface area contributed by atoms with Crippen LogP contribution in [0.25, 0.3) is 0 Å². The molecule has 0 heterocycles. The van der Waals surface area contributed by atoms with E-state index in [0.717, 1.165) is 49.0 Å². The third kappa shape index (κ3) is 2.20. The molecule has 0 aromatic heterocycles. The van der Waals surface area contributed by atoms with Crippen LogP contribution in [0.3, 0.4) is 0 Å². The zero-order valence-electron chi connectivity index (χ0n) is 13.9. The highest BCUT2D eigenvalue weighted by atomic mass is 16.5. The number of fused-ring (bicyclic) bond motifs is 2. The number of allylic oxidation sites excluding steroid dienone is 1. The van der Waals surface area contributed by atoms with E-state index in [1.807, 2.05) is 31.2 Å². The van der Waals surface area contributed by atoms with Gasteiger partial charge in [-0.2, -0.15) is 5.26 Å². The van der Waals surface area contributed by atoms with Crippen molar-refractivity contribution in [3.05, 3.63) is 42.0 Å². The third-order valence-electron chi connectivity index (χ3n) is 5.98. The van der Waals surface area contributed by atoms with Crippen LogP contribution in [-0.2, 0) is 6.42 Å². The minimum Gasteiger partial charge on any atom is -0.497 e. The van der Waals surface area contributed by atoms with Gasteiger partial charge in [0.2, 0.25) is 0 Å². The molecular weight excluding hydrogens is 286 g/mol. The minimum absolute atomic E-state index is 0.0251. The molecule has 1 aromatic rings. The van der Waals surface area contributed by atoms with E-state index in [0.29, 0.717) is 0 Å². The fourth-order valence-electron chi connectivity index (χ4n) is 4.66. The molecule has 1 saturated carbocycles. The second-order valence-corrected chi connectivity index (χ2v) is 7.07. The van der Waals surface area contributed by atoms with Crippen molar-refractivity contribution < 1.29 is 9.53 Å². The van der Waals surface area contributed by atoms with Gasteiger partial charge in [0.25, 0.3) is 0 Å². The van der Waals surface area contributed by atoms with Gasteiger partial charge in [-0.25, -0.2) is 0 Å². The van der Waals surface area contributed by atoms with E-state index in [2.05, 4.69) is 12.6 Å². The van der Waals surface area contributed by atoms with E-state index in [-0.39, 0.29) is 11.7 Å². The van der Waals surface area contributed by atoms with Crippen molar-refractivity contribution in [3.63, 3.8) is 0 Å². The van der Waals surface area contributed by atoms with Crippen molar-refractivity contribution >= 4 is 5.78 Å². The number of methoxy groups -OCH3 is 1. The van der Waals surface area contributed by atoms with Crippen LogP contribution in [0.1, 0.15) is 48.5 Å². The van der Waals surface area contributed by atoms with E-state index in [9.17, 15) is 10.1 Å². The highest BCUT2D eigenvalue weighted by Gasteiger charge is 2.55. The first-order valence-corrected chi connectivity index (χ1v) is 8.27. The van der Waals surface area contributed by atoms with Crippen molar-refractivity contribution in [1.29, 1.82) is 5.26 Å². The maximum atomic E-state index is 13.4. The van der Waals surface area contributed by atoms with Crippen LogP contribution < -0.4 is 4.74 Å². The number of rotatable bonds is 2. The Morgan fingerprint density at radius 1 is 1.43 bits per heavy atom. The fraction of sp³-hybridized carbons (Fsp3) is 0.500. The van der Waals surface area contributed by atoms with Crippen molar-refractivity contribution in [1.82, 2.24) is 0 Å². The Balaban J connectivity index is 2.16. The number of hydrogen-bond donors (Lipinski definition) is 0. The first kappa shape index (κ1) is 15.8. The molecule has 3 heteroatoms. The number of nitriles is 1. The Kier molecular flexibility index (Phi) is 3.80. The lowest BCUT2D eigenvalue weighted by molar-refractivity contribution is 0.0366. The van der Waals surface area contributed by atoms with Gasteiger partial charge in [-0.1, -0.05) is 12.5 Å². The molecule has 0 spiro atoms. The molecule has 1 aromatic carbocycles. The zero-order valence-corrected chi connectivity index (χ0v) is 13.9. The lowest BCUT2D eigenvalue weighted by atomic mass is 9.53. The largest absolute Gasteiger partial charge is 0.497 e. The molecule has 23 heavy (non-hydrogen) atoms. The number of carbonyl (C=O) groups excluding carboxylic acids is 1. The normalized spacial score (nSPS) is 32.9. The van der Waals surface area contributed by atoms with Gasteiger partial charge in [0.15, 0.2) is 5.78 Å². The monoisotopic (exact) mass is 309 g/mol. The van der Waals surface area contributed by atoms with Crippen LogP contribution >= 0.6 is 0 Å². The molecule has 2 aliphatic rings. The van der Waals surface area contributed by atoms with E-state index in [1.54, 1.807) is 7.11 Å². The van der Waals surface area contributed by atoms with Crippen molar-refractivity contribution in [2.45, 2.75) is 39.0 Å². The SMILES string of the molecule is C=C[C@]12CCC[C@@](C)(C#N)[C@H]1CCc1cc(OC)ccc1C2=O. The number of ether oxygens (including phenoxy) is 1. The van der Waals surface area contributed by atoms with Gasteiger partial charge < -0.3 is 4.74 Å². The lowest BCUT2D eigenvalue weighted by Gasteiger charge is -2.47. The summed E-state index contributed by atoms with van der Waals surface area (Å²) in [6.07, 6.45) is 6.01. The quantitative estimate of drug-likeness (QED) is 0.764. The highest BCUT2D eigenvalue weighted by Crippen LogP contribution is 2.56. The summed E-state index contributed by atoms with van der Waals surface area (Å²) < 4.78 is 5.30.